The Hall–Kier alpha value is -3.07. The molecular weight excluding hydrogens is 364 g/mol. The predicted molar refractivity (Wildman–Crippen MR) is 100 cm³/mol. The molecule has 0 unspecified atom stereocenters. The zero-order chi connectivity index (χ0) is 19.9. The van der Waals surface area contributed by atoms with E-state index in [2.05, 4.69) is 15.6 Å². The van der Waals surface area contributed by atoms with E-state index in [0.29, 0.717) is 23.6 Å². The summed E-state index contributed by atoms with van der Waals surface area (Å²) in [6, 6.07) is 4.63. The molecular formula is C19H24N4O5. The molecule has 1 aliphatic heterocycles. The quantitative estimate of drug-likeness (QED) is 0.644. The fourth-order valence-corrected chi connectivity index (χ4v) is 3.08. The Morgan fingerprint density at radius 1 is 1.36 bits per heavy atom. The maximum Gasteiger partial charge on any atom is 0.251 e. The number of imidazole rings is 1. The van der Waals surface area contributed by atoms with E-state index in [9.17, 15) is 9.59 Å². The second kappa shape index (κ2) is 9.23. The number of benzene rings is 1. The average molecular weight is 388 g/mol. The molecule has 28 heavy (non-hydrogen) atoms. The van der Waals surface area contributed by atoms with Gasteiger partial charge in [-0.1, -0.05) is 6.07 Å². The number of amides is 2. The maximum atomic E-state index is 12.7. The first-order valence-corrected chi connectivity index (χ1v) is 8.98. The summed E-state index contributed by atoms with van der Waals surface area (Å²) in [4.78, 5) is 28.5. The molecule has 2 amide bonds. The van der Waals surface area contributed by atoms with E-state index in [0.717, 1.165) is 13.0 Å². The van der Waals surface area contributed by atoms with Crippen LogP contribution in [0.2, 0.25) is 0 Å². The van der Waals surface area contributed by atoms with Crippen LogP contribution in [0.1, 0.15) is 18.0 Å². The van der Waals surface area contributed by atoms with Crippen molar-refractivity contribution in [3.63, 3.8) is 0 Å². The molecule has 2 N–H and O–H groups in total. The summed E-state index contributed by atoms with van der Waals surface area (Å²) in [6.45, 7) is 1.09. The minimum absolute atomic E-state index is 0.156. The summed E-state index contributed by atoms with van der Waals surface area (Å²) in [6.07, 6.45) is 5.24. The highest BCUT2D eigenvalue weighted by Crippen LogP contribution is 2.32. The van der Waals surface area contributed by atoms with Crippen molar-refractivity contribution < 1.29 is 23.8 Å². The highest BCUT2D eigenvalue weighted by Gasteiger charge is 2.36. The molecule has 0 aliphatic carbocycles. The number of methoxy groups -OCH3 is 2. The number of ether oxygens (including phenoxy) is 3. The molecule has 0 spiro atoms. The normalized spacial score (nSPS) is 19.0. The number of hydrogen-bond donors (Lipinski definition) is 2. The lowest BCUT2D eigenvalue weighted by Crippen LogP contribution is -2.52. The van der Waals surface area contributed by atoms with Gasteiger partial charge in [-0.2, -0.15) is 0 Å². The predicted octanol–water partition coefficient (Wildman–Crippen LogP) is 0.663. The number of nitrogens with one attached hydrogen (secondary N) is 2. The van der Waals surface area contributed by atoms with Crippen molar-refractivity contribution >= 4 is 11.8 Å². The van der Waals surface area contributed by atoms with Crippen LogP contribution in [-0.4, -0.2) is 54.8 Å². The molecule has 9 nitrogen and oxygen atoms in total. The van der Waals surface area contributed by atoms with Gasteiger partial charge >= 0.3 is 0 Å². The largest absolute Gasteiger partial charge is 0.493 e. The molecule has 1 saturated heterocycles. The van der Waals surface area contributed by atoms with Crippen LogP contribution in [0.15, 0.2) is 36.9 Å². The van der Waals surface area contributed by atoms with Gasteiger partial charge in [0.2, 0.25) is 5.91 Å². The van der Waals surface area contributed by atoms with E-state index < -0.39 is 12.1 Å². The van der Waals surface area contributed by atoms with Gasteiger partial charge in [0.05, 0.1) is 26.6 Å². The summed E-state index contributed by atoms with van der Waals surface area (Å²) in [5.41, 5.74) is 0.698. The maximum absolute atomic E-state index is 12.7. The highest BCUT2D eigenvalue weighted by molar-refractivity contribution is 5.86. The lowest BCUT2D eigenvalue weighted by atomic mass is 9.98. The number of aryl methyl sites for hydroxylation is 1. The minimum atomic E-state index is -0.830. The van der Waals surface area contributed by atoms with E-state index >= 15 is 0 Å². The third-order valence-corrected chi connectivity index (χ3v) is 4.49. The molecule has 1 aromatic carbocycles. The number of rotatable bonds is 8. The lowest BCUT2D eigenvalue weighted by molar-refractivity contribution is -0.148. The van der Waals surface area contributed by atoms with E-state index in [1.165, 1.54) is 7.11 Å². The van der Waals surface area contributed by atoms with Gasteiger partial charge in [0, 0.05) is 25.5 Å². The number of aromatic nitrogens is 2. The van der Waals surface area contributed by atoms with Crippen molar-refractivity contribution in [1.29, 1.82) is 0 Å². The summed E-state index contributed by atoms with van der Waals surface area (Å²) in [5.74, 6) is 0.531. The van der Waals surface area contributed by atoms with Gasteiger partial charge in [-0.15, -0.1) is 0 Å². The zero-order valence-corrected chi connectivity index (χ0v) is 15.9. The fraction of sp³-hybridized carbons (Fsp3) is 0.421. The van der Waals surface area contributed by atoms with Crippen LogP contribution in [0.25, 0.3) is 0 Å². The molecule has 150 valence electrons. The molecule has 2 aromatic rings. The molecule has 0 bridgehead atoms. The van der Waals surface area contributed by atoms with Crippen LogP contribution in [0.4, 0.5) is 0 Å². The molecule has 2 atom stereocenters. The minimum Gasteiger partial charge on any atom is -0.493 e. The smallest absolute Gasteiger partial charge is 0.251 e. The van der Waals surface area contributed by atoms with Crippen molar-refractivity contribution in [2.75, 3.05) is 27.4 Å². The number of carbonyl (C=O) groups is 2. The van der Waals surface area contributed by atoms with Crippen molar-refractivity contribution in [2.45, 2.75) is 25.1 Å². The van der Waals surface area contributed by atoms with Crippen LogP contribution >= 0.6 is 0 Å². The van der Waals surface area contributed by atoms with Gasteiger partial charge < -0.3 is 29.4 Å². The molecule has 1 fully saturated rings. The monoisotopic (exact) mass is 388 g/mol. The van der Waals surface area contributed by atoms with E-state index in [1.807, 2.05) is 10.8 Å². The molecule has 1 aliphatic rings. The van der Waals surface area contributed by atoms with Crippen molar-refractivity contribution in [3.8, 4) is 11.5 Å². The first kappa shape index (κ1) is 19.7. The van der Waals surface area contributed by atoms with Crippen LogP contribution in [0, 0.1) is 0 Å². The second-order valence-corrected chi connectivity index (χ2v) is 6.34. The van der Waals surface area contributed by atoms with Crippen LogP contribution in [0.3, 0.4) is 0 Å². The lowest BCUT2D eigenvalue weighted by Gasteiger charge is -2.32. The van der Waals surface area contributed by atoms with Crippen molar-refractivity contribution in [2.24, 2.45) is 0 Å². The Morgan fingerprint density at radius 2 is 2.18 bits per heavy atom. The Labute approximate surface area is 163 Å². The molecule has 1 aromatic heterocycles. The average Bonchev–Trinajstić information content (AvgIpc) is 3.24. The molecule has 3 rings (SSSR count). The Kier molecular flexibility index (Phi) is 6.49. The fourth-order valence-electron chi connectivity index (χ4n) is 3.08. The molecule has 9 heteroatoms. The van der Waals surface area contributed by atoms with Crippen LogP contribution < -0.4 is 20.1 Å². The van der Waals surface area contributed by atoms with Crippen LogP contribution in [0.5, 0.6) is 11.5 Å². The highest BCUT2D eigenvalue weighted by atomic mass is 16.5. The summed E-state index contributed by atoms with van der Waals surface area (Å²) in [5, 5.41) is 5.71. The summed E-state index contributed by atoms with van der Waals surface area (Å²) >= 11 is 0. The zero-order valence-electron chi connectivity index (χ0n) is 15.9. The number of hydrogen-bond acceptors (Lipinski definition) is 6. The summed E-state index contributed by atoms with van der Waals surface area (Å²) in [7, 11) is 3.07. The third-order valence-electron chi connectivity index (χ3n) is 4.49. The Bertz CT molecular complexity index is 809. The molecule has 0 saturated carbocycles. The van der Waals surface area contributed by atoms with Gasteiger partial charge in [0.25, 0.3) is 5.91 Å². The molecule has 0 radical (unpaired) electrons. The van der Waals surface area contributed by atoms with Crippen LogP contribution in [-0.2, 0) is 20.9 Å². The van der Waals surface area contributed by atoms with E-state index in [1.54, 1.807) is 37.8 Å². The number of carbonyl (C=O) groups excluding carboxylic acids is 2. The van der Waals surface area contributed by atoms with E-state index in [4.69, 9.17) is 14.2 Å². The summed E-state index contributed by atoms with van der Waals surface area (Å²) < 4.78 is 18.0. The van der Waals surface area contributed by atoms with Crippen molar-refractivity contribution in [1.82, 2.24) is 20.2 Å². The number of morpholine rings is 1. The number of nitrogens with zero attached hydrogens (tertiary/aromatic N) is 2. The van der Waals surface area contributed by atoms with Crippen molar-refractivity contribution in [3.05, 3.63) is 42.5 Å². The van der Waals surface area contributed by atoms with Gasteiger partial charge in [-0.3, -0.25) is 9.59 Å². The van der Waals surface area contributed by atoms with E-state index in [-0.39, 0.29) is 18.4 Å². The Balaban J connectivity index is 1.66. The SMILES string of the molecule is COc1ccc([C@H]2NC(=O)CO[C@@H]2C(=O)NCCCn2ccnc2)cc1OC. The topological polar surface area (TPSA) is 104 Å². The van der Waals surface area contributed by atoms with Gasteiger partial charge in [0.1, 0.15) is 6.61 Å². The van der Waals surface area contributed by atoms with Gasteiger partial charge in [0.15, 0.2) is 17.6 Å². The van der Waals surface area contributed by atoms with Gasteiger partial charge in [-0.05, 0) is 24.1 Å². The third kappa shape index (κ3) is 4.61. The standard InChI is InChI=1S/C19H24N4O5/c1-26-14-5-4-13(10-15(14)27-2)17-18(28-11-16(24)22-17)19(25)21-6-3-8-23-9-7-20-12-23/h4-5,7,9-10,12,17-18H,3,6,8,11H2,1-2H3,(H,21,25)(H,22,24)/t17-,18+/m1/s1. The Morgan fingerprint density at radius 3 is 2.89 bits per heavy atom. The van der Waals surface area contributed by atoms with Gasteiger partial charge in [-0.25, -0.2) is 4.98 Å². The molecule has 2 heterocycles. The second-order valence-electron chi connectivity index (χ2n) is 6.34. The first-order chi connectivity index (χ1) is 13.6. The first-order valence-electron chi connectivity index (χ1n) is 8.98.